The molecule has 3 rings (SSSR count). The molecular weight excluding hydrogens is 284 g/mol. The Morgan fingerprint density at radius 3 is 2.19 bits per heavy atom. The summed E-state index contributed by atoms with van der Waals surface area (Å²) in [5.74, 6) is 0. The van der Waals surface area contributed by atoms with Crippen LogP contribution in [-0.4, -0.2) is 36.5 Å². The van der Waals surface area contributed by atoms with E-state index in [1.165, 1.54) is 20.2 Å². The van der Waals surface area contributed by atoms with E-state index in [1.54, 1.807) is 11.3 Å². The predicted octanol–water partition coefficient (Wildman–Crippen LogP) is 2.43. The van der Waals surface area contributed by atoms with Crippen LogP contribution in [0.1, 0.15) is 0 Å². The number of benzene rings is 2. The second-order valence-corrected chi connectivity index (χ2v) is 6.06. The third-order valence-corrected chi connectivity index (χ3v) is 4.70. The summed E-state index contributed by atoms with van der Waals surface area (Å²) >= 11 is 1.71. The Hall–Kier alpha value is -1.82. The second kappa shape index (κ2) is 5.89. The van der Waals surface area contributed by atoms with E-state index in [1.807, 2.05) is 23.1 Å². The zero-order valence-electron chi connectivity index (χ0n) is 11.6. The van der Waals surface area contributed by atoms with Crippen LogP contribution in [-0.2, 0) is 0 Å². The number of anilines is 2. The van der Waals surface area contributed by atoms with Gasteiger partial charge in [0, 0.05) is 44.6 Å². The maximum atomic E-state index is 9.15. The molecule has 21 heavy (non-hydrogen) atoms. The first kappa shape index (κ1) is 14.1. The average Bonchev–Trinajstić information content (AvgIpc) is 2.83. The van der Waals surface area contributed by atoms with E-state index in [9.17, 15) is 0 Å². The van der Waals surface area contributed by atoms with Crippen molar-refractivity contribution in [2.45, 2.75) is 0 Å². The molecule has 0 radical (unpaired) electrons. The van der Waals surface area contributed by atoms with Crippen molar-refractivity contribution in [2.75, 3.05) is 36.9 Å². The van der Waals surface area contributed by atoms with Crippen molar-refractivity contribution in [1.82, 2.24) is 0 Å². The van der Waals surface area contributed by atoms with Gasteiger partial charge in [-0.3, -0.25) is 0 Å². The molecule has 110 valence electrons. The van der Waals surface area contributed by atoms with E-state index >= 15 is 0 Å². The quantitative estimate of drug-likeness (QED) is 0.633. The van der Waals surface area contributed by atoms with Gasteiger partial charge in [-0.1, -0.05) is 12.1 Å². The maximum Gasteiger partial charge on any atom is 0.0606 e. The van der Waals surface area contributed by atoms with E-state index in [2.05, 4.69) is 18.2 Å². The van der Waals surface area contributed by atoms with E-state index in [0.29, 0.717) is 13.1 Å². The summed E-state index contributed by atoms with van der Waals surface area (Å²) in [7, 11) is 0. The normalized spacial score (nSPS) is 11.3. The Bertz CT molecular complexity index is 763. The SMILES string of the molecule is Nc1ccc2c(c1)sc1cc(N(CCO)CCO)ccc12. The second-order valence-electron chi connectivity index (χ2n) is 4.97. The summed E-state index contributed by atoms with van der Waals surface area (Å²) in [6.07, 6.45) is 0. The lowest BCUT2D eigenvalue weighted by atomic mass is 10.1. The maximum absolute atomic E-state index is 9.15. The molecule has 3 aromatic rings. The molecule has 0 unspecified atom stereocenters. The highest BCUT2D eigenvalue weighted by molar-refractivity contribution is 7.25. The minimum atomic E-state index is 0.0704. The molecule has 0 bridgehead atoms. The average molecular weight is 302 g/mol. The highest BCUT2D eigenvalue weighted by atomic mass is 32.1. The minimum absolute atomic E-state index is 0.0704. The fraction of sp³-hybridized carbons (Fsp3) is 0.250. The van der Waals surface area contributed by atoms with Gasteiger partial charge in [-0.25, -0.2) is 0 Å². The summed E-state index contributed by atoms with van der Waals surface area (Å²) in [4.78, 5) is 1.98. The van der Waals surface area contributed by atoms with E-state index < -0.39 is 0 Å². The van der Waals surface area contributed by atoms with Gasteiger partial charge in [0.25, 0.3) is 0 Å². The van der Waals surface area contributed by atoms with Crippen molar-refractivity contribution in [1.29, 1.82) is 0 Å². The molecule has 0 saturated carbocycles. The van der Waals surface area contributed by atoms with Gasteiger partial charge in [0.2, 0.25) is 0 Å². The van der Waals surface area contributed by atoms with Crippen molar-refractivity contribution in [3.8, 4) is 0 Å². The fourth-order valence-corrected chi connectivity index (χ4v) is 3.78. The Balaban J connectivity index is 2.08. The number of fused-ring (bicyclic) bond motifs is 3. The van der Waals surface area contributed by atoms with Gasteiger partial charge < -0.3 is 20.8 Å². The van der Waals surface area contributed by atoms with Gasteiger partial charge in [0.15, 0.2) is 0 Å². The van der Waals surface area contributed by atoms with Crippen LogP contribution in [0, 0.1) is 0 Å². The topological polar surface area (TPSA) is 69.7 Å². The number of aliphatic hydroxyl groups is 2. The summed E-state index contributed by atoms with van der Waals surface area (Å²) in [5.41, 5.74) is 7.64. The summed E-state index contributed by atoms with van der Waals surface area (Å²) in [5, 5.41) is 20.7. The summed E-state index contributed by atoms with van der Waals surface area (Å²) in [6, 6.07) is 12.2. The highest BCUT2D eigenvalue weighted by Crippen LogP contribution is 2.36. The first-order valence-corrected chi connectivity index (χ1v) is 7.73. The van der Waals surface area contributed by atoms with Crippen LogP contribution in [0.2, 0.25) is 0 Å². The molecule has 2 aromatic carbocycles. The van der Waals surface area contributed by atoms with Gasteiger partial charge in [-0.05, 0) is 24.3 Å². The third kappa shape index (κ3) is 2.68. The Morgan fingerprint density at radius 1 is 0.905 bits per heavy atom. The van der Waals surface area contributed by atoms with E-state index in [0.717, 1.165) is 11.4 Å². The number of thiophene rings is 1. The van der Waals surface area contributed by atoms with Crippen molar-refractivity contribution < 1.29 is 10.2 Å². The molecule has 0 amide bonds. The molecule has 0 atom stereocenters. The molecule has 0 aliphatic rings. The van der Waals surface area contributed by atoms with Crippen molar-refractivity contribution in [2.24, 2.45) is 0 Å². The zero-order valence-corrected chi connectivity index (χ0v) is 12.4. The number of nitrogens with two attached hydrogens (primary N) is 1. The van der Waals surface area contributed by atoms with E-state index in [4.69, 9.17) is 15.9 Å². The first-order chi connectivity index (χ1) is 10.2. The van der Waals surface area contributed by atoms with Gasteiger partial charge in [-0.2, -0.15) is 0 Å². The Morgan fingerprint density at radius 2 is 1.52 bits per heavy atom. The fourth-order valence-electron chi connectivity index (χ4n) is 2.59. The number of nitrogen functional groups attached to an aromatic ring is 1. The van der Waals surface area contributed by atoms with Crippen LogP contribution >= 0.6 is 11.3 Å². The van der Waals surface area contributed by atoms with Crippen LogP contribution in [0.5, 0.6) is 0 Å². The van der Waals surface area contributed by atoms with Gasteiger partial charge in [0.1, 0.15) is 0 Å². The summed E-state index contributed by atoms with van der Waals surface area (Å²) in [6.45, 7) is 1.18. The lowest BCUT2D eigenvalue weighted by Crippen LogP contribution is -2.29. The summed E-state index contributed by atoms with van der Waals surface area (Å²) < 4.78 is 2.37. The highest BCUT2D eigenvalue weighted by Gasteiger charge is 2.10. The van der Waals surface area contributed by atoms with Crippen LogP contribution in [0.4, 0.5) is 11.4 Å². The first-order valence-electron chi connectivity index (χ1n) is 6.91. The number of aliphatic hydroxyl groups excluding tert-OH is 2. The van der Waals surface area contributed by atoms with Crippen LogP contribution in [0.3, 0.4) is 0 Å². The Labute approximate surface area is 127 Å². The number of hydrogen-bond acceptors (Lipinski definition) is 5. The molecule has 4 N–H and O–H groups in total. The molecule has 1 aromatic heterocycles. The van der Waals surface area contributed by atoms with Crippen LogP contribution in [0.15, 0.2) is 36.4 Å². The smallest absolute Gasteiger partial charge is 0.0606 e. The molecule has 0 aliphatic carbocycles. The minimum Gasteiger partial charge on any atom is -0.399 e. The van der Waals surface area contributed by atoms with Crippen molar-refractivity contribution in [3.05, 3.63) is 36.4 Å². The predicted molar refractivity (Wildman–Crippen MR) is 90.1 cm³/mol. The third-order valence-electron chi connectivity index (χ3n) is 3.59. The molecule has 5 heteroatoms. The zero-order chi connectivity index (χ0) is 14.8. The largest absolute Gasteiger partial charge is 0.399 e. The lowest BCUT2D eigenvalue weighted by molar-refractivity contribution is 0.281. The van der Waals surface area contributed by atoms with Crippen molar-refractivity contribution >= 4 is 42.9 Å². The monoisotopic (exact) mass is 302 g/mol. The molecule has 1 heterocycles. The van der Waals surface area contributed by atoms with Gasteiger partial charge >= 0.3 is 0 Å². The number of hydrogen-bond donors (Lipinski definition) is 3. The molecule has 4 nitrogen and oxygen atoms in total. The van der Waals surface area contributed by atoms with Crippen LogP contribution < -0.4 is 10.6 Å². The van der Waals surface area contributed by atoms with Crippen molar-refractivity contribution in [3.63, 3.8) is 0 Å². The molecule has 0 fully saturated rings. The molecular formula is C16H18N2O2S. The van der Waals surface area contributed by atoms with E-state index in [-0.39, 0.29) is 13.2 Å². The molecule has 0 saturated heterocycles. The number of rotatable bonds is 5. The van der Waals surface area contributed by atoms with Crippen LogP contribution in [0.25, 0.3) is 20.2 Å². The standard InChI is InChI=1S/C16H18N2O2S/c17-11-1-3-13-14-4-2-12(18(5-7-19)6-8-20)10-16(14)21-15(13)9-11/h1-4,9-10,19-20H,5-8,17H2. The Kier molecular flexibility index (Phi) is 3.96. The number of nitrogens with zero attached hydrogens (tertiary/aromatic N) is 1. The molecule has 0 spiro atoms. The molecule has 0 aliphatic heterocycles. The lowest BCUT2D eigenvalue weighted by Gasteiger charge is -2.22. The van der Waals surface area contributed by atoms with Gasteiger partial charge in [-0.15, -0.1) is 11.3 Å². The van der Waals surface area contributed by atoms with Gasteiger partial charge in [0.05, 0.1) is 13.2 Å².